The maximum atomic E-state index is 12.0. The van der Waals surface area contributed by atoms with E-state index in [-0.39, 0.29) is 17.4 Å². The largest absolute Gasteiger partial charge is 0.504 e. The summed E-state index contributed by atoms with van der Waals surface area (Å²) in [7, 11) is 0. The van der Waals surface area contributed by atoms with Crippen LogP contribution in [0.15, 0.2) is 41.5 Å². The number of thiazole rings is 1. The van der Waals surface area contributed by atoms with Gasteiger partial charge in [0.2, 0.25) is 0 Å². The Morgan fingerprint density at radius 1 is 1.22 bits per heavy atom. The third-order valence-corrected chi connectivity index (χ3v) is 3.89. The van der Waals surface area contributed by atoms with Crippen molar-refractivity contribution in [3.05, 3.63) is 47.5 Å². The molecular formula is C15H12N4O3S. The van der Waals surface area contributed by atoms with Gasteiger partial charge in [0.1, 0.15) is 0 Å². The number of benzene rings is 2. The number of phenols is 2. The normalized spacial score (nSPS) is 11.1. The van der Waals surface area contributed by atoms with E-state index in [2.05, 4.69) is 15.5 Å². The Balaban J connectivity index is 1.72. The van der Waals surface area contributed by atoms with E-state index in [9.17, 15) is 15.0 Å². The van der Waals surface area contributed by atoms with Gasteiger partial charge in [-0.1, -0.05) is 11.3 Å². The van der Waals surface area contributed by atoms with Crippen LogP contribution in [0.5, 0.6) is 11.5 Å². The lowest BCUT2D eigenvalue weighted by atomic mass is 10.2. The van der Waals surface area contributed by atoms with Crippen LogP contribution in [-0.2, 0) is 0 Å². The Morgan fingerprint density at radius 3 is 2.83 bits per heavy atom. The first-order chi connectivity index (χ1) is 11.0. The fraction of sp³-hybridized carbons (Fsp3) is 0. The Labute approximate surface area is 134 Å². The second-order valence-electron chi connectivity index (χ2n) is 4.68. The van der Waals surface area contributed by atoms with Gasteiger partial charge in [0, 0.05) is 5.56 Å². The summed E-state index contributed by atoms with van der Waals surface area (Å²) in [5.74, 6) is -0.852. The lowest BCUT2D eigenvalue weighted by Crippen LogP contribution is -2.17. The van der Waals surface area contributed by atoms with Crippen LogP contribution >= 0.6 is 11.3 Å². The van der Waals surface area contributed by atoms with Crippen molar-refractivity contribution in [2.24, 2.45) is 5.10 Å². The number of carbonyl (C=O) groups is 1. The van der Waals surface area contributed by atoms with E-state index >= 15 is 0 Å². The zero-order valence-electron chi connectivity index (χ0n) is 11.7. The molecule has 0 saturated heterocycles. The average molecular weight is 328 g/mol. The topological polar surface area (TPSA) is 121 Å². The molecule has 8 heteroatoms. The van der Waals surface area contributed by atoms with Crippen molar-refractivity contribution in [1.29, 1.82) is 0 Å². The molecule has 1 heterocycles. The molecule has 7 nitrogen and oxygen atoms in total. The summed E-state index contributed by atoms with van der Waals surface area (Å²) in [6.07, 6.45) is 1.36. The maximum Gasteiger partial charge on any atom is 0.271 e. The molecular weight excluding hydrogens is 316 g/mol. The molecule has 1 aromatic heterocycles. The number of hydrogen-bond donors (Lipinski definition) is 4. The monoisotopic (exact) mass is 328 g/mol. The van der Waals surface area contributed by atoms with Gasteiger partial charge in [0.25, 0.3) is 5.91 Å². The van der Waals surface area contributed by atoms with Crippen LogP contribution in [0, 0.1) is 0 Å². The van der Waals surface area contributed by atoms with Crippen LogP contribution in [0.1, 0.15) is 15.9 Å². The minimum Gasteiger partial charge on any atom is -0.504 e. The molecule has 116 valence electrons. The third kappa shape index (κ3) is 3.22. The number of aromatic hydroxyl groups is 2. The highest BCUT2D eigenvalue weighted by molar-refractivity contribution is 7.22. The number of aromatic nitrogens is 1. The second-order valence-corrected chi connectivity index (χ2v) is 5.74. The van der Waals surface area contributed by atoms with Gasteiger partial charge in [-0.05, 0) is 42.0 Å². The molecule has 5 N–H and O–H groups in total. The summed E-state index contributed by atoms with van der Waals surface area (Å²) in [6.45, 7) is 0. The first-order valence-corrected chi connectivity index (χ1v) is 7.36. The number of rotatable bonds is 3. The zero-order valence-corrected chi connectivity index (χ0v) is 12.5. The van der Waals surface area contributed by atoms with Crippen LogP contribution in [-0.4, -0.2) is 27.3 Å². The molecule has 0 spiro atoms. The predicted octanol–water partition coefficient (Wildman–Crippen LogP) is 2.05. The fourth-order valence-corrected chi connectivity index (χ4v) is 2.71. The van der Waals surface area contributed by atoms with Gasteiger partial charge < -0.3 is 15.9 Å². The van der Waals surface area contributed by atoms with E-state index in [0.717, 1.165) is 10.2 Å². The molecule has 0 unspecified atom stereocenters. The van der Waals surface area contributed by atoms with E-state index in [0.29, 0.717) is 16.3 Å². The molecule has 3 aromatic rings. The maximum absolute atomic E-state index is 12.0. The van der Waals surface area contributed by atoms with Gasteiger partial charge in [-0.3, -0.25) is 4.79 Å². The highest BCUT2D eigenvalue weighted by atomic mass is 32.1. The number of nitrogens with one attached hydrogen (secondary N) is 1. The van der Waals surface area contributed by atoms with Crippen molar-refractivity contribution in [3.8, 4) is 11.5 Å². The molecule has 2 aromatic carbocycles. The number of nitrogens with zero attached hydrogens (tertiary/aromatic N) is 2. The van der Waals surface area contributed by atoms with Crippen molar-refractivity contribution in [2.75, 3.05) is 5.73 Å². The van der Waals surface area contributed by atoms with Crippen molar-refractivity contribution in [1.82, 2.24) is 10.4 Å². The number of amides is 1. The summed E-state index contributed by atoms with van der Waals surface area (Å²) in [6, 6.07) is 9.27. The number of anilines is 1. The minimum atomic E-state index is -0.377. The zero-order chi connectivity index (χ0) is 16.4. The number of fused-ring (bicyclic) bond motifs is 1. The summed E-state index contributed by atoms with van der Waals surface area (Å²) in [5.41, 5.74) is 9.73. The average Bonchev–Trinajstić information content (AvgIpc) is 2.89. The van der Waals surface area contributed by atoms with Crippen LogP contribution in [0.3, 0.4) is 0 Å². The van der Waals surface area contributed by atoms with Crippen LogP contribution in [0.25, 0.3) is 10.2 Å². The minimum absolute atomic E-state index is 0.219. The summed E-state index contributed by atoms with van der Waals surface area (Å²) >= 11 is 1.30. The van der Waals surface area contributed by atoms with Crippen molar-refractivity contribution in [2.45, 2.75) is 0 Å². The molecule has 0 saturated carbocycles. The van der Waals surface area contributed by atoms with Crippen molar-refractivity contribution in [3.63, 3.8) is 0 Å². The van der Waals surface area contributed by atoms with Crippen molar-refractivity contribution >= 4 is 38.8 Å². The Kier molecular flexibility index (Phi) is 3.82. The molecule has 3 rings (SSSR count). The second kappa shape index (κ2) is 5.93. The summed E-state index contributed by atoms with van der Waals surface area (Å²) in [4.78, 5) is 16.2. The van der Waals surface area contributed by atoms with Crippen LogP contribution < -0.4 is 11.2 Å². The molecule has 0 aliphatic heterocycles. The van der Waals surface area contributed by atoms with Crippen molar-refractivity contribution < 1.29 is 15.0 Å². The Hall–Kier alpha value is -3.13. The molecule has 0 radical (unpaired) electrons. The van der Waals surface area contributed by atoms with E-state index < -0.39 is 0 Å². The fourth-order valence-electron chi connectivity index (χ4n) is 1.93. The predicted molar refractivity (Wildman–Crippen MR) is 88.9 cm³/mol. The summed E-state index contributed by atoms with van der Waals surface area (Å²) in [5, 5.41) is 22.9. The van der Waals surface area contributed by atoms with Gasteiger partial charge in [0.15, 0.2) is 16.6 Å². The molecule has 0 aliphatic carbocycles. The number of carbonyl (C=O) groups excluding carboxylic acids is 1. The van der Waals surface area contributed by atoms with Crippen LogP contribution in [0.4, 0.5) is 5.13 Å². The third-order valence-electron chi connectivity index (χ3n) is 3.05. The number of hydrazone groups is 1. The highest BCUT2D eigenvalue weighted by Crippen LogP contribution is 2.25. The first-order valence-electron chi connectivity index (χ1n) is 6.54. The van der Waals surface area contributed by atoms with Gasteiger partial charge in [-0.15, -0.1) is 0 Å². The number of nitrogen functional groups attached to an aromatic ring is 1. The molecule has 0 aliphatic rings. The molecule has 0 atom stereocenters. The van der Waals surface area contributed by atoms with E-state index in [1.165, 1.54) is 29.7 Å². The highest BCUT2D eigenvalue weighted by Gasteiger charge is 2.08. The van der Waals surface area contributed by atoms with Gasteiger partial charge >= 0.3 is 0 Å². The van der Waals surface area contributed by atoms with E-state index in [1.807, 2.05) is 0 Å². The smallest absolute Gasteiger partial charge is 0.271 e. The lowest BCUT2D eigenvalue weighted by Gasteiger charge is -2.00. The Morgan fingerprint density at radius 2 is 2.04 bits per heavy atom. The molecule has 23 heavy (non-hydrogen) atoms. The van der Waals surface area contributed by atoms with Crippen LogP contribution in [0.2, 0.25) is 0 Å². The van der Waals surface area contributed by atoms with Gasteiger partial charge in [0.05, 0.1) is 16.4 Å². The molecule has 0 bridgehead atoms. The molecule has 0 fully saturated rings. The number of hydrogen-bond acceptors (Lipinski definition) is 7. The molecule has 1 amide bonds. The summed E-state index contributed by atoms with van der Waals surface area (Å²) < 4.78 is 0.822. The van der Waals surface area contributed by atoms with Gasteiger partial charge in [-0.2, -0.15) is 5.10 Å². The van der Waals surface area contributed by atoms with Gasteiger partial charge in [-0.25, -0.2) is 10.4 Å². The number of nitrogens with two attached hydrogens (primary N) is 1. The first kappa shape index (κ1) is 14.8. The van der Waals surface area contributed by atoms with E-state index in [4.69, 9.17) is 5.73 Å². The standard InChI is InChI=1S/C15H12N4O3S/c16-15-18-10-3-2-9(6-13(10)23-15)14(22)19-17-7-8-1-4-11(20)12(21)5-8/h1-7,20-21H,(H2,16,18)(H,19,22)/b17-7-. The quantitative estimate of drug-likeness (QED) is 0.333. The SMILES string of the molecule is Nc1nc2ccc(C(=O)N/N=C\c3ccc(O)c(O)c3)cc2s1. The Bertz CT molecular complexity index is 920. The lowest BCUT2D eigenvalue weighted by molar-refractivity contribution is 0.0955. The van der Waals surface area contributed by atoms with E-state index in [1.54, 1.807) is 24.3 Å². The number of phenolic OH excluding ortho intramolecular Hbond substituents is 2.